The van der Waals surface area contributed by atoms with Gasteiger partial charge >= 0.3 is 0 Å². The van der Waals surface area contributed by atoms with Crippen LogP contribution in [0.4, 0.5) is 0 Å². The third-order valence-corrected chi connectivity index (χ3v) is 4.37. The Balaban J connectivity index is 1.52. The molecule has 1 amide bonds. The fourth-order valence-electron chi connectivity index (χ4n) is 2.63. The average Bonchev–Trinajstić information content (AvgIpc) is 3.16. The second-order valence-corrected chi connectivity index (χ2v) is 6.32. The number of carbonyl (C=O) groups is 1. The van der Waals surface area contributed by atoms with Crippen molar-refractivity contribution >= 4 is 17.5 Å². The van der Waals surface area contributed by atoms with E-state index in [4.69, 9.17) is 21.1 Å². The van der Waals surface area contributed by atoms with Crippen LogP contribution in [0.3, 0.4) is 0 Å². The number of ether oxygens (including phenoxy) is 2. The molecule has 0 bridgehead atoms. The quantitative estimate of drug-likeness (QED) is 0.623. The van der Waals surface area contributed by atoms with E-state index in [2.05, 4.69) is 20.7 Å². The zero-order valence-corrected chi connectivity index (χ0v) is 16.3. The zero-order chi connectivity index (χ0) is 19.9. The summed E-state index contributed by atoms with van der Waals surface area (Å²) in [5.41, 5.74) is 1.70. The van der Waals surface area contributed by atoms with E-state index >= 15 is 0 Å². The van der Waals surface area contributed by atoms with Gasteiger partial charge in [0.1, 0.15) is 6.54 Å². The van der Waals surface area contributed by atoms with Gasteiger partial charge in [-0.1, -0.05) is 29.8 Å². The molecule has 0 aliphatic rings. The molecule has 1 N–H and O–H groups in total. The lowest BCUT2D eigenvalue weighted by molar-refractivity contribution is -0.122. The number of carbonyl (C=O) groups excluding carboxylic acids is 1. The Bertz CT molecular complexity index is 960. The average molecular weight is 402 g/mol. The van der Waals surface area contributed by atoms with E-state index in [0.29, 0.717) is 40.9 Å². The lowest BCUT2D eigenvalue weighted by atomic mass is 10.1. The highest BCUT2D eigenvalue weighted by atomic mass is 35.5. The van der Waals surface area contributed by atoms with Crippen LogP contribution < -0.4 is 14.8 Å². The molecule has 0 saturated heterocycles. The normalized spacial score (nSPS) is 10.5. The van der Waals surface area contributed by atoms with Gasteiger partial charge in [-0.05, 0) is 41.5 Å². The maximum atomic E-state index is 12.1. The molecule has 1 aromatic heterocycles. The minimum atomic E-state index is -0.205. The molecule has 9 heteroatoms. The summed E-state index contributed by atoms with van der Waals surface area (Å²) in [6.07, 6.45) is 0.655. The maximum Gasteiger partial charge on any atom is 0.243 e. The predicted molar refractivity (Wildman–Crippen MR) is 105 cm³/mol. The van der Waals surface area contributed by atoms with Gasteiger partial charge in [0.2, 0.25) is 11.7 Å². The minimum absolute atomic E-state index is 0.0244. The van der Waals surface area contributed by atoms with E-state index in [1.807, 2.05) is 30.3 Å². The number of hydrogen-bond acceptors (Lipinski definition) is 6. The second kappa shape index (κ2) is 9.18. The van der Waals surface area contributed by atoms with Gasteiger partial charge in [-0.3, -0.25) is 4.79 Å². The molecule has 0 aliphatic carbocycles. The van der Waals surface area contributed by atoms with Gasteiger partial charge in [0.05, 0.1) is 19.2 Å². The van der Waals surface area contributed by atoms with Gasteiger partial charge in [-0.25, -0.2) is 0 Å². The van der Waals surface area contributed by atoms with E-state index < -0.39 is 0 Å². The van der Waals surface area contributed by atoms with Gasteiger partial charge in [-0.15, -0.1) is 10.2 Å². The van der Waals surface area contributed by atoms with Crippen LogP contribution in [0.1, 0.15) is 5.56 Å². The summed E-state index contributed by atoms with van der Waals surface area (Å²) in [5, 5.41) is 15.4. The SMILES string of the molecule is COc1ccc(CCNC(=O)Cn2nnc(-c3ccccc3Cl)n2)cc1OC. The summed E-state index contributed by atoms with van der Waals surface area (Å²) in [5.74, 6) is 1.50. The van der Waals surface area contributed by atoms with Crippen LogP contribution in [-0.2, 0) is 17.8 Å². The Hall–Kier alpha value is -3.13. The first kappa shape index (κ1) is 19.6. The standard InChI is InChI=1S/C19H20ClN5O3/c1-27-16-8-7-13(11-17(16)28-2)9-10-21-18(26)12-25-23-19(22-24-25)14-5-3-4-6-15(14)20/h3-8,11H,9-10,12H2,1-2H3,(H,21,26). The first-order valence-corrected chi connectivity index (χ1v) is 8.99. The van der Waals surface area contributed by atoms with Crippen LogP contribution in [0.5, 0.6) is 11.5 Å². The summed E-state index contributed by atoms with van der Waals surface area (Å²) in [4.78, 5) is 13.4. The van der Waals surface area contributed by atoms with Crippen LogP contribution in [0.25, 0.3) is 11.4 Å². The molecule has 0 unspecified atom stereocenters. The highest BCUT2D eigenvalue weighted by Gasteiger charge is 2.11. The Labute approximate surface area is 167 Å². The van der Waals surface area contributed by atoms with Crippen molar-refractivity contribution in [2.24, 2.45) is 0 Å². The molecule has 0 fully saturated rings. The largest absolute Gasteiger partial charge is 0.493 e. The minimum Gasteiger partial charge on any atom is -0.493 e. The number of methoxy groups -OCH3 is 2. The molecule has 0 atom stereocenters. The molecule has 28 heavy (non-hydrogen) atoms. The first-order valence-electron chi connectivity index (χ1n) is 8.61. The van der Waals surface area contributed by atoms with Crippen molar-refractivity contribution < 1.29 is 14.3 Å². The lowest BCUT2D eigenvalue weighted by Crippen LogP contribution is -2.30. The Morgan fingerprint density at radius 2 is 1.93 bits per heavy atom. The van der Waals surface area contributed by atoms with Crippen LogP contribution in [-0.4, -0.2) is 46.9 Å². The van der Waals surface area contributed by atoms with E-state index in [1.54, 1.807) is 26.4 Å². The van der Waals surface area contributed by atoms with E-state index in [9.17, 15) is 4.79 Å². The molecule has 1 heterocycles. The summed E-state index contributed by atoms with van der Waals surface area (Å²) in [6.45, 7) is 0.448. The fraction of sp³-hybridized carbons (Fsp3) is 0.263. The molecule has 3 aromatic rings. The second-order valence-electron chi connectivity index (χ2n) is 5.91. The molecule has 0 spiro atoms. The van der Waals surface area contributed by atoms with Gasteiger partial charge in [-0.2, -0.15) is 4.80 Å². The molecule has 0 radical (unpaired) electrons. The number of hydrogen-bond donors (Lipinski definition) is 1. The summed E-state index contributed by atoms with van der Waals surface area (Å²) in [6, 6.07) is 12.9. The monoisotopic (exact) mass is 401 g/mol. The van der Waals surface area contributed by atoms with Crippen LogP contribution in [0.2, 0.25) is 5.02 Å². The van der Waals surface area contributed by atoms with Crippen molar-refractivity contribution in [3.63, 3.8) is 0 Å². The van der Waals surface area contributed by atoms with E-state index in [-0.39, 0.29) is 12.5 Å². The number of amides is 1. The number of nitrogens with one attached hydrogen (secondary N) is 1. The van der Waals surface area contributed by atoms with Gasteiger partial charge in [0.15, 0.2) is 11.5 Å². The van der Waals surface area contributed by atoms with Gasteiger partial charge in [0, 0.05) is 12.1 Å². The molecule has 146 valence electrons. The summed E-state index contributed by atoms with van der Waals surface area (Å²) in [7, 11) is 3.18. The van der Waals surface area contributed by atoms with Crippen molar-refractivity contribution in [3.8, 4) is 22.9 Å². The molecule has 8 nitrogen and oxygen atoms in total. The van der Waals surface area contributed by atoms with Gasteiger partial charge < -0.3 is 14.8 Å². The van der Waals surface area contributed by atoms with E-state index in [1.165, 1.54) is 4.80 Å². The summed E-state index contributed by atoms with van der Waals surface area (Å²) >= 11 is 6.13. The van der Waals surface area contributed by atoms with Crippen LogP contribution in [0, 0.1) is 0 Å². The lowest BCUT2D eigenvalue weighted by Gasteiger charge is -2.10. The molecule has 0 saturated carbocycles. The first-order chi connectivity index (χ1) is 13.6. The molecular formula is C19H20ClN5O3. The third-order valence-electron chi connectivity index (χ3n) is 4.04. The molecule has 0 aliphatic heterocycles. The molecule has 3 rings (SSSR count). The Morgan fingerprint density at radius 3 is 2.68 bits per heavy atom. The molecule has 2 aromatic carbocycles. The Morgan fingerprint density at radius 1 is 1.14 bits per heavy atom. The maximum absolute atomic E-state index is 12.1. The smallest absolute Gasteiger partial charge is 0.243 e. The third kappa shape index (κ3) is 4.77. The number of halogens is 1. The van der Waals surface area contributed by atoms with Crippen molar-refractivity contribution in [1.82, 2.24) is 25.5 Å². The van der Waals surface area contributed by atoms with Gasteiger partial charge in [0.25, 0.3) is 0 Å². The number of rotatable bonds is 8. The van der Waals surface area contributed by atoms with Crippen LogP contribution in [0.15, 0.2) is 42.5 Å². The zero-order valence-electron chi connectivity index (χ0n) is 15.6. The number of benzene rings is 2. The predicted octanol–water partition coefficient (Wildman–Crippen LogP) is 2.37. The summed E-state index contributed by atoms with van der Waals surface area (Å²) < 4.78 is 10.5. The van der Waals surface area contributed by atoms with Crippen molar-refractivity contribution in [1.29, 1.82) is 0 Å². The number of tetrazole rings is 1. The van der Waals surface area contributed by atoms with E-state index in [0.717, 1.165) is 5.56 Å². The number of nitrogens with zero attached hydrogens (tertiary/aromatic N) is 4. The topological polar surface area (TPSA) is 91.2 Å². The number of aromatic nitrogens is 4. The highest BCUT2D eigenvalue weighted by molar-refractivity contribution is 6.33. The fourth-order valence-corrected chi connectivity index (χ4v) is 2.85. The highest BCUT2D eigenvalue weighted by Crippen LogP contribution is 2.27. The van der Waals surface area contributed by atoms with Crippen molar-refractivity contribution in [2.45, 2.75) is 13.0 Å². The van der Waals surface area contributed by atoms with Crippen molar-refractivity contribution in [2.75, 3.05) is 20.8 Å². The van der Waals surface area contributed by atoms with Crippen molar-refractivity contribution in [3.05, 3.63) is 53.1 Å². The Kier molecular flexibility index (Phi) is 6.44. The molecular weight excluding hydrogens is 382 g/mol. The van der Waals surface area contributed by atoms with Crippen LogP contribution >= 0.6 is 11.6 Å².